The van der Waals surface area contributed by atoms with Gasteiger partial charge in [0, 0.05) is 17.9 Å². The van der Waals surface area contributed by atoms with Gasteiger partial charge in [-0.1, -0.05) is 0 Å². The van der Waals surface area contributed by atoms with Crippen molar-refractivity contribution >= 4 is 17.3 Å². The van der Waals surface area contributed by atoms with E-state index in [1.54, 1.807) is 18.2 Å². The van der Waals surface area contributed by atoms with Gasteiger partial charge in [0.05, 0.1) is 5.56 Å². The number of hydrogen-bond donors (Lipinski definition) is 3. The lowest BCUT2D eigenvalue weighted by atomic mass is 9.98. The van der Waals surface area contributed by atoms with E-state index in [1.807, 2.05) is 0 Å². The predicted octanol–water partition coefficient (Wildman–Crippen LogP) is 2.02. The zero-order chi connectivity index (χ0) is 13.4. The normalized spacial score (nSPS) is 18.6. The molecule has 0 aliphatic heterocycles. The zero-order valence-corrected chi connectivity index (χ0v) is 11.1. The predicted molar refractivity (Wildman–Crippen MR) is 76.5 cm³/mol. The third-order valence-electron chi connectivity index (χ3n) is 4.27. The Labute approximate surface area is 113 Å². The number of nitrogens with two attached hydrogens (primary N) is 2. The van der Waals surface area contributed by atoms with Crippen LogP contribution < -0.4 is 16.8 Å². The number of anilines is 2. The Kier molecular flexibility index (Phi) is 3.09. The maximum absolute atomic E-state index is 12.1. The molecular formula is C15H21N3O. The van der Waals surface area contributed by atoms with Gasteiger partial charge in [0.15, 0.2) is 0 Å². The average molecular weight is 259 g/mol. The Morgan fingerprint density at radius 2 is 1.84 bits per heavy atom. The van der Waals surface area contributed by atoms with Gasteiger partial charge in [-0.15, -0.1) is 0 Å². The summed E-state index contributed by atoms with van der Waals surface area (Å²) in [6, 6.07) is 5.04. The minimum atomic E-state index is -0.0798. The number of nitrogen functional groups attached to an aromatic ring is 2. The number of carbonyl (C=O) groups is 1. The van der Waals surface area contributed by atoms with E-state index in [4.69, 9.17) is 11.5 Å². The molecule has 4 nitrogen and oxygen atoms in total. The summed E-state index contributed by atoms with van der Waals surface area (Å²) in [4.78, 5) is 12.1. The lowest BCUT2D eigenvalue weighted by molar-refractivity contribution is 0.0944. The topological polar surface area (TPSA) is 81.1 Å². The summed E-state index contributed by atoms with van der Waals surface area (Å²) in [5.74, 6) is 2.29. The number of hydrogen-bond acceptors (Lipinski definition) is 3. The standard InChI is InChI=1S/C15H21N3O/c16-11-5-6-12(14(17)7-11)15(19)18-8-13(9-1-2-9)10-3-4-10/h5-7,9-10,13H,1-4,8,16-17H2,(H,18,19). The molecule has 2 fully saturated rings. The van der Waals surface area contributed by atoms with E-state index in [9.17, 15) is 4.79 Å². The molecule has 3 rings (SSSR count). The Morgan fingerprint density at radius 1 is 1.21 bits per heavy atom. The van der Waals surface area contributed by atoms with Crippen molar-refractivity contribution in [2.45, 2.75) is 25.7 Å². The molecule has 0 unspecified atom stereocenters. The smallest absolute Gasteiger partial charge is 0.253 e. The largest absolute Gasteiger partial charge is 0.399 e. The summed E-state index contributed by atoms with van der Waals surface area (Å²) >= 11 is 0. The fourth-order valence-corrected chi connectivity index (χ4v) is 2.86. The first kappa shape index (κ1) is 12.3. The molecule has 2 aliphatic carbocycles. The van der Waals surface area contributed by atoms with Crippen molar-refractivity contribution in [2.24, 2.45) is 17.8 Å². The average Bonchev–Trinajstić information content (AvgIpc) is 3.23. The maximum Gasteiger partial charge on any atom is 0.253 e. The highest BCUT2D eigenvalue weighted by molar-refractivity contribution is 5.99. The van der Waals surface area contributed by atoms with E-state index >= 15 is 0 Å². The van der Waals surface area contributed by atoms with Crippen molar-refractivity contribution in [1.82, 2.24) is 5.32 Å². The molecule has 0 bridgehead atoms. The Morgan fingerprint density at radius 3 is 2.37 bits per heavy atom. The summed E-state index contributed by atoms with van der Waals surface area (Å²) in [6.45, 7) is 0.790. The fraction of sp³-hybridized carbons (Fsp3) is 0.533. The van der Waals surface area contributed by atoms with E-state index in [2.05, 4.69) is 5.32 Å². The molecule has 5 N–H and O–H groups in total. The van der Waals surface area contributed by atoms with Crippen LogP contribution in [0.4, 0.5) is 11.4 Å². The Hall–Kier alpha value is -1.71. The van der Waals surface area contributed by atoms with Crippen LogP contribution in [0.25, 0.3) is 0 Å². The van der Waals surface area contributed by atoms with Gasteiger partial charge in [-0.2, -0.15) is 0 Å². The third kappa shape index (κ3) is 2.83. The highest BCUT2D eigenvalue weighted by atomic mass is 16.1. The van der Waals surface area contributed by atoms with Gasteiger partial charge < -0.3 is 16.8 Å². The van der Waals surface area contributed by atoms with E-state index in [-0.39, 0.29) is 5.91 Å². The lowest BCUT2D eigenvalue weighted by Gasteiger charge is -2.16. The molecule has 1 aromatic carbocycles. The first-order valence-electron chi connectivity index (χ1n) is 7.08. The van der Waals surface area contributed by atoms with Crippen LogP contribution >= 0.6 is 0 Å². The van der Waals surface area contributed by atoms with E-state index in [0.29, 0.717) is 22.9 Å². The molecule has 1 aromatic rings. The first-order valence-corrected chi connectivity index (χ1v) is 7.08. The van der Waals surface area contributed by atoms with E-state index < -0.39 is 0 Å². The molecular weight excluding hydrogens is 238 g/mol. The van der Waals surface area contributed by atoms with Crippen molar-refractivity contribution in [3.05, 3.63) is 23.8 Å². The summed E-state index contributed by atoms with van der Waals surface area (Å²) in [5.41, 5.74) is 13.0. The van der Waals surface area contributed by atoms with Crippen molar-refractivity contribution < 1.29 is 4.79 Å². The second kappa shape index (κ2) is 4.76. The van der Waals surface area contributed by atoms with Gasteiger partial charge in [-0.05, 0) is 61.6 Å². The van der Waals surface area contributed by atoms with Crippen molar-refractivity contribution in [3.63, 3.8) is 0 Å². The molecule has 102 valence electrons. The Balaban J connectivity index is 1.61. The third-order valence-corrected chi connectivity index (χ3v) is 4.27. The zero-order valence-electron chi connectivity index (χ0n) is 11.1. The summed E-state index contributed by atoms with van der Waals surface area (Å²) < 4.78 is 0. The van der Waals surface area contributed by atoms with Gasteiger partial charge in [-0.25, -0.2) is 0 Å². The molecule has 2 saturated carbocycles. The Bertz CT molecular complexity index is 480. The molecule has 2 aliphatic rings. The second-order valence-corrected chi connectivity index (χ2v) is 5.90. The maximum atomic E-state index is 12.1. The quantitative estimate of drug-likeness (QED) is 0.708. The van der Waals surface area contributed by atoms with Crippen LogP contribution in [0.5, 0.6) is 0 Å². The number of carbonyl (C=O) groups excluding carboxylic acids is 1. The van der Waals surface area contributed by atoms with Crippen LogP contribution in [0.2, 0.25) is 0 Å². The van der Waals surface area contributed by atoms with Crippen molar-refractivity contribution in [1.29, 1.82) is 0 Å². The first-order chi connectivity index (χ1) is 9.15. The van der Waals surface area contributed by atoms with Crippen LogP contribution in [-0.2, 0) is 0 Å². The number of rotatable bonds is 5. The summed E-state index contributed by atoms with van der Waals surface area (Å²) in [7, 11) is 0. The monoisotopic (exact) mass is 259 g/mol. The van der Waals surface area contributed by atoms with Crippen LogP contribution in [0.1, 0.15) is 36.0 Å². The van der Waals surface area contributed by atoms with Crippen LogP contribution in [0.15, 0.2) is 18.2 Å². The lowest BCUT2D eigenvalue weighted by Crippen LogP contribution is -2.31. The highest BCUT2D eigenvalue weighted by Gasteiger charge is 2.41. The molecule has 0 spiro atoms. The molecule has 0 heterocycles. The minimum absolute atomic E-state index is 0.0798. The van der Waals surface area contributed by atoms with Gasteiger partial charge >= 0.3 is 0 Å². The van der Waals surface area contributed by atoms with Crippen molar-refractivity contribution in [2.75, 3.05) is 18.0 Å². The summed E-state index contributed by atoms with van der Waals surface area (Å²) in [6.07, 6.45) is 5.34. The number of amides is 1. The van der Waals surface area contributed by atoms with Crippen LogP contribution in [0.3, 0.4) is 0 Å². The second-order valence-electron chi connectivity index (χ2n) is 5.90. The molecule has 0 radical (unpaired) electrons. The molecule has 19 heavy (non-hydrogen) atoms. The fourth-order valence-electron chi connectivity index (χ4n) is 2.86. The van der Waals surface area contributed by atoms with Crippen LogP contribution in [0, 0.1) is 17.8 Å². The summed E-state index contributed by atoms with van der Waals surface area (Å²) in [5, 5.41) is 3.04. The highest BCUT2D eigenvalue weighted by Crippen LogP contribution is 2.48. The molecule has 0 atom stereocenters. The van der Waals surface area contributed by atoms with Gasteiger partial charge in [0.25, 0.3) is 5.91 Å². The van der Waals surface area contributed by atoms with Crippen molar-refractivity contribution in [3.8, 4) is 0 Å². The number of benzene rings is 1. The molecule has 4 heteroatoms. The minimum Gasteiger partial charge on any atom is -0.399 e. The molecule has 1 amide bonds. The van der Waals surface area contributed by atoms with Crippen LogP contribution in [-0.4, -0.2) is 12.5 Å². The van der Waals surface area contributed by atoms with Gasteiger partial charge in [0.1, 0.15) is 0 Å². The van der Waals surface area contributed by atoms with E-state index in [1.165, 1.54) is 25.7 Å². The van der Waals surface area contributed by atoms with E-state index in [0.717, 1.165) is 18.4 Å². The number of nitrogens with one attached hydrogen (secondary N) is 1. The molecule has 0 saturated heterocycles. The van der Waals surface area contributed by atoms with Gasteiger partial charge in [0.2, 0.25) is 0 Å². The molecule has 0 aromatic heterocycles. The van der Waals surface area contributed by atoms with Gasteiger partial charge in [-0.3, -0.25) is 4.79 Å². The SMILES string of the molecule is Nc1ccc(C(=O)NCC(C2CC2)C2CC2)c(N)c1.